The molecule has 1 saturated heterocycles. The van der Waals surface area contributed by atoms with Crippen LogP contribution in [0.3, 0.4) is 0 Å². The van der Waals surface area contributed by atoms with E-state index in [1.165, 1.54) is 6.92 Å². The standard InChI is InChI=1S/C14H17NO4/c1-10(17)11-3-2-4-12(9-11)15-6-8-19-13(5-7-16)14(15)18/h2-4,9,13,16H,5-8H2,1H3. The largest absolute Gasteiger partial charge is 0.396 e. The Morgan fingerprint density at radius 1 is 1.53 bits per heavy atom. The average molecular weight is 263 g/mol. The quantitative estimate of drug-likeness (QED) is 0.823. The lowest BCUT2D eigenvalue weighted by atomic mass is 10.1. The highest BCUT2D eigenvalue weighted by molar-refractivity contribution is 5.99. The van der Waals surface area contributed by atoms with Gasteiger partial charge in [0.15, 0.2) is 5.78 Å². The van der Waals surface area contributed by atoms with Gasteiger partial charge in [-0.2, -0.15) is 0 Å². The van der Waals surface area contributed by atoms with Gasteiger partial charge in [-0.05, 0) is 19.1 Å². The predicted molar refractivity (Wildman–Crippen MR) is 70.2 cm³/mol. The highest BCUT2D eigenvalue weighted by Crippen LogP contribution is 2.21. The fourth-order valence-electron chi connectivity index (χ4n) is 2.11. The van der Waals surface area contributed by atoms with Crippen molar-refractivity contribution in [1.82, 2.24) is 0 Å². The van der Waals surface area contributed by atoms with Crippen LogP contribution in [-0.4, -0.2) is 42.7 Å². The Morgan fingerprint density at radius 3 is 3.00 bits per heavy atom. The Hall–Kier alpha value is -1.72. The molecule has 19 heavy (non-hydrogen) atoms. The van der Waals surface area contributed by atoms with Crippen LogP contribution in [0.1, 0.15) is 23.7 Å². The van der Waals surface area contributed by atoms with E-state index < -0.39 is 6.10 Å². The molecular weight excluding hydrogens is 246 g/mol. The number of Topliss-reactive ketones (excluding diaryl/α,β-unsaturated/α-hetero) is 1. The minimum absolute atomic E-state index is 0.0329. The summed E-state index contributed by atoms with van der Waals surface area (Å²) in [7, 11) is 0. The summed E-state index contributed by atoms with van der Waals surface area (Å²) in [5.41, 5.74) is 1.28. The van der Waals surface area contributed by atoms with Gasteiger partial charge in [0.05, 0.1) is 6.61 Å². The van der Waals surface area contributed by atoms with Crippen molar-refractivity contribution < 1.29 is 19.4 Å². The van der Waals surface area contributed by atoms with Gasteiger partial charge in [0, 0.05) is 30.8 Å². The first-order chi connectivity index (χ1) is 9.13. The molecule has 5 nitrogen and oxygen atoms in total. The molecule has 1 N–H and O–H groups in total. The summed E-state index contributed by atoms with van der Waals surface area (Å²) in [5.74, 6) is -0.199. The number of carbonyl (C=O) groups is 2. The molecule has 0 aliphatic carbocycles. The lowest BCUT2D eigenvalue weighted by Crippen LogP contribution is -2.48. The molecule has 1 fully saturated rings. The Kier molecular flexibility index (Phi) is 4.29. The summed E-state index contributed by atoms with van der Waals surface area (Å²) in [6, 6.07) is 6.99. The minimum Gasteiger partial charge on any atom is -0.396 e. The molecule has 1 atom stereocenters. The molecule has 1 aromatic rings. The average Bonchev–Trinajstić information content (AvgIpc) is 2.41. The molecule has 102 valence electrons. The van der Waals surface area contributed by atoms with Gasteiger partial charge in [-0.25, -0.2) is 0 Å². The third-order valence-corrected chi connectivity index (χ3v) is 3.13. The van der Waals surface area contributed by atoms with Gasteiger partial charge in [0.2, 0.25) is 0 Å². The van der Waals surface area contributed by atoms with Crippen LogP contribution in [0.5, 0.6) is 0 Å². The first-order valence-corrected chi connectivity index (χ1v) is 6.28. The molecule has 0 radical (unpaired) electrons. The van der Waals surface area contributed by atoms with E-state index in [1.54, 1.807) is 29.2 Å². The molecule has 1 heterocycles. The van der Waals surface area contributed by atoms with E-state index in [9.17, 15) is 9.59 Å². The topological polar surface area (TPSA) is 66.8 Å². The van der Waals surface area contributed by atoms with Crippen LogP contribution in [0, 0.1) is 0 Å². The minimum atomic E-state index is -0.597. The molecule has 1 aliphatic heterocycles. The number of aliphatic hydroxyl groups is 1. The van der Waals surface area contributed by atoms with E-state index in [0.717, 1.165) is 0 Å². The second kappa shape index (κ2) is 5.95. The second-order valence-corrected chi connectivity index (χ2v) is 4.47. The SMILES string of the molecule is CC(=O)c1cccc(N2CCOC(CCO)C2=O)c1. The van der Waals surface area contributed by atoms with E-state index in [2.05, 4.69) is 0 Å². The van der Waals surface area contributed by atoms with Crippen molar-refractivity contribution in [2.24, 2.45) is 0 Å². The summed E-state index contributed by atoms with van der Waals surface area (Å²) in [5, 5.41) is 8.91. The van der Waals surface area contributed by atoms with Gasteiger partial charge in [0.25, 0.3) is 5.91 Å². The van der Waals surface area contributed by atoms with Crippen molar-refractivity contribution >= 4 is 17.4 Å². The molecule has 5 heteroatoms. The smallest absolute Gasteiger partial charge is 0.256 e. The van der Waals surface area contributed by atoms with Crippen LogP contribution in [0.15, 0.2) is 24.3 Å². The number of nitrogens with zero attached hydrogens (tertiary/aromatic N) is 1. The molecule has 1 aliphatic rings. The van der Waals surface area contributed by atoms with E-state index >= 15 is 0 Å². The van der Waals surface area contributed by atoms with Crippen LogP contribution < -0.4 is 4.90 Å². The number of hydrogen-bond donors (Lipinski definition) is 1. The second-order valence-electron chi connectivity index (χ2n) is 4.47. The maximum Gasteiger partial charge on any atom is 0.256 e. The van der Waals surface area contributed by atoms with E-state index in [4.69, 9.17) is 9.84 Å². The van der Waals surface area contributed by atoms with Crippen LogP contribution in [-0.2, 0) is 9.53 Å². The Morgan fingerprint density at radius 2 is 2.32 bits per heavy atom. The monoisotopic (exact) mass is 263 g/mol. The number of benzene rings is 1. The number of morpholine rings is 1. The zero-order valence-electron chi connectivity index (χ0n) is 10.8. The number of carbonyl (C=O) groups excluding carboxylic acids is 2. The Bertz CT molecular complexity index is 484. The Labute approximate surface area is 111 Å². The van der Waals surface area contributed by atoms with Gasteiger partial charge < -0.3 is 14.7 Å². The van der Waals surface area contributed by atoms with E-state index in [1.807, 2.05) is 0 Å². The number of amides is 1. The van der Waals surface area contributed by atoms with Gasteiger partial charge in [-0.3, -0.25) is 9.59 Å². The summed E-state index contributed by atoms with van der Waals surface area (Å²) < 4.78 is 5.34. The van der Waals surface area contributed by atoms with Crippen molar-refractivity contribution in [2.45, 2.75) is 19.4 Å². The molecular formula is C14H17NO4. The van der Waals surface area contributed by atoms with Crippen molar-refractivity contribution in [3.05, 3.63) is 29.8 Å². The lowest BCUT2D eigenvalue weighted by Gasteiger charge is -2.32. The maximum atomic E-state index is 12.2. The zero-order chi connectivity index (χ0) is 13.8. The van der Waals surface area contributed by atoms with Gasteiger partial charge >= 0.3 is 0 Å². The molecule has 2 rings (SSSR count). The molecule has 1 aromatic carbocycles. The number of ketones is 1. The van der Waals surface area contributed by atoms with Crippen LogP contribution >= 0.6 is 0 Å². The van der Waals surface area contributed by atoms with Crippen LogP contribution in [0.4, 0.5) is 5.69 Å². The van der Waals surface area contributed by atoms with Crippen molar-refractivity contribution in [3.8, 4) is 0 Å². The van der Waals surface area contributed by atoms with Gasteiger partial charge in [0.1, 0.15) is 6.10 Å². The first kappa shape index (κ1) is 13.7. The van der Waals surface area contributed by atoms with Crippen molar-refractivity contribution in [3.63, 3.8) is 0 Å². The number of aliphatic hydroxyl groups excluding tert-OH is 1. The van der Waals surface area contributed by atoms with Crippen molar-refractivity contribution in [2.75, 3.05) is 24.7 Å². The molecule has 1 unspecified atom stereocenters. The van der Waals surface area contributed by atoms with Gasteiger partial charge in [-0.15, -0.1) is 0 Å². The van der Waals surface area contributed by atoms with Crippen molar-refractivity contribution in [1.29, 1.82) is 0 Å². The fraction of sp³-hybridized carbons (Fsp3) is 0.429. The molecule has 0 bridgehead atoms. The molecule has 1 amide bonds. The van der Waals surface area contributed by atoms with Crippen LogP contribution in [0.25, 0.3) is 0 Å². The highest BCUT2D eigenvalue weighted by Gasteiger charge is 2.30. The summed E-state index contributed by atoms with van der Waals surface area (Å²) in [6.07, 6.45) is -0.304. The number of anilines is 1. The molecule has 0 spiro atoms. The third kappa shape index (κ3) is 3.00. The normalized spacial score (nSPS) is 19.6. The lowest BCUT2D eigenvalue weighted by molar-refractivity contribution is -0.134. The fourth-order valence-corrected chi connectivity index (χ4v) is 2.11. The third-order valence-electron chi connectivity index (χ3n) is 3.13. The van der Waals surface area contributed by atoms with Gasteiger partial charge in [-0.1, -0.05) is 12.1 Å². The van der Waals surface area contributed by atoms with E-state index in [-0.39, 0.29) is 18.3 Å². The Balaban J connectivity index is 2.23. The first-order valence-electron chi connectivity index (χ1n) is 6.28. The maximum absolute atomic E-state index is 12.2. The number of hydrogen-bond acceptors (Lipinski definition) is 4. The highest BCUT2D eigenvalue weighted by atomic mass is 16.5. The molecule has 0 aromatic heterocycles. The summed E-state index contributed by atoms with van der Waals surface area (Å²) in [4.78, 5) is 25.2. The zero-order valence-corrected chi connectivity index (χ0v) is 10.8. The summed E-state index contributed by atoms with van der Waals surface area (Å²) in [6.45, 7) is 2.30. The predicted octanol–water partition coefficient (Wildman–Crippen LogP) is 1.00. The van der Waals surface area contributed by atoms with E-state index in [0.29, 0.717) is 30.8 Å². The number of rotatable bonds is 4. The van der Waals surface area contributed by atoms with Crippen LogP contribution in [0.2, 0.25) is 0 Å². The summed E-state index contributed by atoms with van der Waals surface area (Å²) >= 11 is 0. The number of ether oxygens (including phenoxy) is 1. The molecule has 0 saturated carbocycles.